The molecule has 0 unspecified atom stereocenters. The van der Waals surface area contributed by atoms with Crippen LogP contribution < -0.4 is 11.1 Å². The maximum absolute atomic E-state index is 11.2. The summed E-state index contributed by atoms with van der Waals surface area (Å²) in [5.74, 6) is -2.88. The topological polar surface area (TPSA) is 95.7 Å². The molecule has 0 aromatic rings. The number of halogens is 3. The monoisotopic (exact) mass is 297 g/mol. The molecule has 20 heavy (non-hydrogen) atoms. The molecule has 0 aliphatic carbocycles. The first kappa shape index (κ1) is 16.7. The largest absolute Gasteiger partial charge is 0.490 e. The lowest BCUT2D eigenvalue weighted by molar-refractivity contribution is -0.192. The number of likely N-dealkylation sites (tertiary alicyclic amines) is 1. The van der Waals surface area contributed by atoms with Crippen molar-refractivity contribution in [3.8, 4) is 0 Å². The van der Waals surface area contributed by atoms with Gasteiger partial charge in [0, 0.05) is 12.6 Å². The number of nitrogens with zero attached hydrogens (tertiary/aromatic N) is 1. The zero-order chi connectivity index (χ0) is 15.3. The summed E-state index contributed by atoms with van der Waals surface area (Å²) in [6.07, 6.45) is -2.75. The minimum atomic E-state index is -5.08. The molecule has 0 spiro atoms. The van der Waals surface area contributed by atoms with Gasteiger partial charge < -0.3 is 16.2 Å². The van der Waals surface area contributed by atoms with Crippen LogP contribution in [0.2, 0.25) is 0 Å². The predicted molar refractivity (Wildman–Crippen MR) is 63.8 cm³/mol. The molecule has 2 atom stereocenters. The number of hydrogen-bond acceptors (Lipinski definition) is 4. The van der Waals surface area contributed by atoms with Crippen LogP contribution in [0.4, 0.5) is 13.2 Å². The van der Waals surface area contributed by atoms with E-state index < -0.39 is 12.1 Å². The number of nitrogens with two attached hydrogens (primary N) is 1. The van der Waals surface area contributed by atoms with Gasteiger partial charge in [-0.25, -0.2) is 4.79 Å². The van der Waals surface area contributed by atoms with E-state index in [1.165, 1.54) is 6.42 Å². The van der Waals surface area contributed by atoms with Gasteiger partial charge in [-0.3, -0.25) is 9.69 Å². The quantitative estimate of drug-likeness (QED) is 0.655. The number of carbonyl (C=O) groups is 2. The van der Waals surface area contributed by atoms with E-state index in [4.69, 9.17) is 15.6 Å². The summed E-state index contributed by atoms with van der Waals surface area (Å²) in [6.45, 7) is 4.07. The molecule has 9 heteroatoms. The number of piperidine rings is 1. The summed E-state index contributed by atoms with van der Waals surface area (Å²) >= 11 is 0. The van der Waals surface area contributed by atoms with E-state index in [2.05, 4.69) is 10.2 Å². The fourth-order valence-electron chi connectivity index (χ4n) is 2.24. The number of primary amides is 1. The van der Waals surface area contributed by atoms with Crippen LogP contribution in [0.25, 0.3) is 0 Å². The maximum Gasteiger partial charge on any atom is 0.490 e. The van der Waals surface area contributed by atoms with Crippen molar-refractivity contribution in [3.05, 3.63) is 0 Å². The van der Waals surface area contributed by atoms with E-state index in [-0.39, 0.29) is 11.8 Å². The van der Waals surface area contributed by atoms with Crippen LogP contribution in [0.5, 0.6) is 0 Å². The highest BCUT2D eigenvalue weighted by Gasteiger charge is 2.38. The molecule has 2 rings (SSSR count). The molecule has 0 saturated carbocycles. The van der Waals surface area contributed by atoms with Crippen LogP contribution in [0, 0.1) is 5.92 Å². The Kier molecular flexibility index (Phi) is 5.75. The molecule has 2 heterocycles. The molecule has 2 fully saturated rings. The molecule has 116 valence electrons. The van der Waals surface area contributed by atoms with Crippen molar-refractivity contribution in [1.29, 1.82) is 0 Å². The molecule has 1 amide bonds. The van der Waals surface area contributed by atoms with Gasteiger partial charge >= 0.3 is 12.1 Å². The van der Waals surface area contributed by atoms with Gasteiger partial charge in [0.05, 0.1) is 5.92 Å². The van der Waals surface area contributed by atoms with E-state index in [0.29, 0.717) is 6.04 Å². The Bertz CT molecular complexity index is 359. The first-order chi connectivity index (χ1) is 9.23. The van der Waals surface area contributed by atoms with E-state index in [1.807, 2.05) is 0 Å². The van der Waals surface area contributed by atoms with Gasteiger partial charge in [0.1, 0.15) is 0 Å². The Labute approximate surface area is 114 Å². The number of rotatable bonds is 2. The molecule has 2 saturated heterocycles. The minimum Gasteiger partial charge on any atom is -0.475 e. The maximum atomic E-state index is 11.2. The Morgan fingerprint density at radius 2 is 1.85 bits per heavy atom. The normalized spacial score (nSPS) is 26.9. The van der Waals surface area contributed by atoms with Crippen molar-refractivity contribution in [3.63, 3.8) is 0 Å². The average molecular weight is 297 g/mol. The summed E-state index contributed by atoms with van der Waals surface area (Å²) in [6, 6.07) is 0.410. The van der Waals surface area contributed by atoms with Crippen LogP contribution in [-0.2, 0) is 9.59 Å². The Morgan fingerprint density at radius 1 is 1.30 bits per heavy atom. The lowest BCUT2D eigenvalue weighted by Crippen LogP contribution is -2.57. The summed E-state index contributed by atoms with van der Waals surface area (Å²) in [5, 5.41) is 10.3. The van der Waals surface area contributed by atoms with Crippen molar-refractivity contribution < 1.29 is 27.9 Å². The zero-order valence-corrected chi connectivity index (χ0v) is 10.8. The van der Waals surface area contributed by atoms with Crippen molar-refractivity contribution in [2.24, 2.45) is 11.7 Å². The molecule has 0 aromatic heterocycles. The van der Waals surface area contributed by atoms with Crippen LogP contribution >= 0.6 is 0 Å². The standard InChI is InChI=1S/C9H17N3O.C2HF3O2/c10-9(13)7-6-11-3-2-8(7)12-4-1-5-12;3-2(4,5)1(6)7/h7-8,11H,1-6H2,(H2,10,13);(H,6,7)/t7-,8-;/m0./s1. The van der Waals surface area contributed by atoms with Crippen LogP contribution in [0.1, 0.15) is 12.8 Å². The highest BCUT2D eigenvalue weighted by atomic mass is 19.4. The average Bonchev–Trinajstić information content (AvgIpc) is 2.26. The molecule has 6 nitrogen and oxygen atoms in total. The van der Waals surface area contributed by atoms with E-state index in [9.17, 15) is 18.0 Å². The number of alkyl halides is 3. The number of carbonyl (C=O) groups excluding carboxylic acids is 1. The highest BCUT2D eigenvalue weighted by Crippen LogP contribution is 2.22. The van der Waals surface area contributed by atoms with E-state index >= 15 is 0 Å². The number of hydrogen-bond donors (Lipinski definition) is 3. The predicted octanol–water partition coefficient (Wildman–Crippen LogP) is -0.211. The van der Waals surface area contributed by atoms with Gasteiger partial charge in [0.25, 0.3) is 0 Å². The molecule has 0 radical (unpaired) electrons. The van der Waals surface area contributed by atoms with Gasteiger partial charge in [-0.2, -0.15) is 13.2 Å². The van der Waals surface area contributed by atoms with Gasteiger partial charge in [0.2, 0.25) is 5.91 Å². The fraction of sp³-hybridized carbons (Fsp3) is 0.818. The molecule has 0 bridgehead atoms. The van der Waals surface area contributed by atoms with Crippen LogP contribution in [0.3, 0.4) is 0 Å². The van der Waals surface area contributed by atoms with Crippen LogP contribution in [0.15, 0.2) is 0 Å². The minimum absolute atomic E-state index is 0.0223. The summed E-state index contributed by atoms with van der Waals surface area (Å²) in [4.78, 5) is 22.4. The number of carboxylic acids is 1. The second-order valence-electron chi connectivity index (χ2n) is 4.76. The van der Waals surface area contributed by atoms with Gasteiger partial charge in [0.15, 0.2) is 0 Å². The SMILES string of the molecule is NC(=O)[C@H]1CNCC[C@@H]1N1CCC1.O=C(O)C(F)(F)F. The summed E-state index contributed by atoms with van der Waals surface area (Å²) in [5.41, 5.74) is 5.37. The summed E-state index contributed by atoms with van der Waals surface area (Å²) in [7, 11) is 0. The number of carboxylic acid groups (broad SMARTS) is 1. The second-order valence-corrected chi connectivity index (χ2v) is 4.76. The molecular formula is C11H18F3N3O3. The first-order valence-electron chi connectivity index (χ1n) is 6.27. The summed E-state index contributed by atoms with van der Waals surface area (Å²) < 4.78 is 31.7. The second kappa shape index (κ2) is 6.89. The van der Waals surface area contributed by atoms with E-state index in [1.54, 1.807) is 0 Å². The molecular weight excluding hydrogens is 279 g/mol. The molecule has 2 aliphatic rings. The van der Waals surface area contributed by atoms with Crippen molar-refractivity contribution >= 4 is 11.9 Å². The number of amides is 1. The Hall–Kier alpha value is -1.35. The number of aliphatic carboxylic acids is 1. The highest BCUT2D eigenvalue weighted by molar-refractivity contribution is 5.77. The lowest BCUT2D eigenvalue weighted by atomic mass is 9.89. The smallest absolute Gasteiger partial charge is 0.475 e. The number of nitrogens with one attached hydrogen (secondary N) is 1. The lowest BCUT2D eigenvalue weighted by Gasteiger charge is -2.43. The fourth-order valence-corrected chi connectivity index (χ4v) is 2.24. The Balaban J connectivity index is 0.000000246. The van der Waals surface area contributed by atoms with Crippen LogP contribution in [-0.4, -0.2) is 60.3 Å². The van der Waals surface area contributed by atoms with Crippen molar-refractivity contribution in [2.45, 2.75) is 25.1 Å². The molecule has 0 aromatic carbocycles. The van der Waals surface area contributed by atoms with E-state index in [0.717, 1.165) is 32.6 Å². The third kappa shape index (κ3) is 4.64. The van der Waals surface area contributed by atoms with Crippen molar-refractivity contribution in [1.82, 2.24) is 10.2 Å². The van der Waals surface area contributed by atoms with Gasteiger partial charge in [-0.05, 0) is 32.5 Å². The molecule has 2 aliphatic heterocycles. The third-order valence-corrected chi connectivity index (χ3v) is 3.41. The van der Waals surface area contributed by atoms with Gasteiger partial charge in [-0.1, -0.05) is 0 Å². The zero-order valence-electron chi connectivity index (χ0n) is 10.8. The van der Waals surface area contributed by atoms with Crippen molar-refractivity contribution in [2.75, 3.05) is 26.2 Å². The van der Waals surface area contributed by atoms with Gasteiger partial charge in [-0.15, -0.1) is 0 Å². The molecule has 4 N–H and O–H groups in total. The Morgan fingerprint density at radius 3 is 2.20 bits per heavy atom. The first-order valence-corrected chi connectivity index (χ1v) is 6.27. The third-order valence-electron chi connectivity index (χ3n) is 3.41.